The molecule has 0 aliphatic heterocycles. The highest BCUT2D eigenvalue weighted by Gasteiger charge is 2.02. The zero-order chi connectivity index (χ0) is 21.8. The van der Waals surface area contributed by atoms with Gasteiger partial charge in [0.15, 0.2) is 0 Å². The minimum atomic E-state index is 0.165. The van der Waals surface area contributed by atoms with Crippen LogP contribution in [-0.2, 0) is 0 Å². The number of phenolic OH excluding ortho intramolecular Hbond substituents is 2. The van der Waals surface area contributed by atoms with E-state index < -0.39 is 0 Å². The largest absolute Gasteiger partial charge is 0.507 e. The first-order chi connectivity index (χ1) is 14.5. The van der Waals surface area contributed by atoms with Gasteiger partial charge < -0.3 is 24.6 Å². The van der Waals surface area contributed by atoms with Crippen molar-refractivity contribution in [1.29, 1.82) is 0 Å². The van der Waals surface area contributed by atoms with Gasteiger partial charge in [-0.15, -0.1) is 0 Å². The fraction of sp³-hybridized carbons (Fsp3) is 0.391. The average Bonchev–Trinajstić information content (AvgIpc) is 2.75. The summed E-state index contributed by atoms with van der Waals surface area (Å²) in [5.74, 6) is 1.57. The summed E-state index contributed by atoms with van der Waals surface area (Å²) in [4.78, 5) is 11.0. The van der Waals surface area contributed by atoms with E-state index in [0.717, 1.165) is 25.9 Å². The summed E-state index contributed by atoms with van der Waals surface area (Å²) in [6.45, 7) is 3.28. The molecule has 0 saturated carbocycles. The Bertz CT molecular complexity index is 783. The molecule has 0 spiro atoms. The minimum absolute atomic E-state index is 0.165. The van der Waals surface area contributed by atoms with Crippen molar-refractivity contribution in [3.63, 3.8) is 0 Å². The van der Waals surface area contributed by atoms with Crippen molar-refractivity contribution >= 4 is 12.4 Å². The number of hydrogen-bond donors (Lipinski definition) is 2. The minimum Gasteiger partial charge on any atom is -0.507 e. The first kappa shape index (κ1) is 23.2. The molecule has 0 aliphatic carbocycles. The fourth-order valence-corrected chi connectivity index (χ4v) is 2.82. The van der Waals surface area contributed by atoms with E-state index in [2.05, 4.69) is 21.9 Å². The molecule has 0 aliphatic rings. The predicted molar refractivity (Wildman–Crippen MR) is 121 cm³/mol. The number of phenols is 2. The Balaban J connectivity index is 1.61. The van der Waals surface area contributed by atoms with Gasteiger partial charge in [-0.1, -0.05) is 0 Å². The molecular weight excluding hydrogens is 382 g/mol. The van der Waals surface area contributed by atoms with Gasteiger partial charge in [-0.05, 0) is 57.2 Å². The number of ether oxygens (including phenoxy) is 2. The van der Waals surface area contributed by atoms with Crippen LogP contribution in [0.1, 0.15) is 24.0 Å². The number of rotatable bonds is 12. The monoisotopic (exact) mass is 413 g/mol. The van der Waals surface area contributed by atoms with Crippen molar-refractivity contribution in [3.8, 4) is 23.0 Å². The van der Waals surface area contributed by atoms with Gasteiger partial charge in [-0.25, -0.2) is 0 Å². The predicted octanol–water partition coefficient (Wildman–Crippen LogP) is 3.37. The second-order valence-electron chi connectivity index (χ2n) is 6.93. The molecule has 7 heteroatoms. The molecule has 0 radical (unpaired) electrons. The Labute approximate surface area is 178 Å². The number of hydrogen-bond acceptors (Lipinski definition) is 7. The molecule has 7 nitrogen and oxygen atoms in total. The topological polar surface area (TPSA) is 86.9 Å². The molecule has 2 rings (SSSR count). The highest BCUT2D eigenvalue weighted by atomic mass is 16.5. The van der Waals surface area contributed by atoms with E-state index in [4.69, 9.17) is 9.47 Å². The summed E-state index contributed by atoms with van der Waals surface area (Å²) >= 11 is 0. The molecule has 0 saturated heterocycles. The molecule has 0 bridgehead atoms. The van der Waals surface area contributed by atoms with E-state index in [1.165, 1.54) is 0 Å². The molecular formula is C23H31N3O4. The fourth-order valence-electron chi connectivity index (χ4n) is 2.82. The van der Waals surface area contributed by atoms with Crippen molar-refractivity contribution < 1.29 is 19.7 Å². The Hall–Kier alpha value is -3.06. The SMILES string of the molecule is COc1ccc(C=NCCCN(C)CCCN=Cc2ccc(OC)cc2O)c(O)c1. The summed E-state index contributed by atoms with van der Waals surface area (Å²) in [5.41, 5.74) is 1.37. The normalized spacial score (nSPS) is 11.6. The van der Waals surface area contributed by atoms with Crippen molar-refractivity contribution in [2.75, 3.05) is 47.4 Å². The number of nitrogens with zero attached hydrogens (tertiary/aromatic N) is 3. The van der Waals surface area contributed by atoms with Crippen molar-refractivity contribution in [3.05, 3.63) is 47.5 Å². The maximum absolute atomic E-state index is 9.91. The lowest BCUT2D eigenvalue weighted by Crippen LogP contribution is -2.22. The van der Waals surface area contributed by atoms with E-state index >= 15 is 0 Å². The van der Waals surface area contributed by atoms with E-state index in [9.17, 15) is 10.2 Å². The van der Waals surface area contributed by atoms with Crippen LogP contribution in [-0.4, -0.2) is 75.0 Å². The third-order valence-electron chi connectivity index (χ3n) is 4.59. The molecule has 0 amide bonds. The van der Waals surface area contributed by atoms with Crippen LogP contribution in [0.2, 0.25) is 0 Å². The quantitative estimate of drug-likeness (QED) is 0.412. The highest BCUT2D eigenvalue weighted by Crippen LogP contribution is 2.22. The maximum atomic E-state index is 9.91. The Morgan fingerprint density at radius 3 is 1.60 bits per heavy atom. The van der Waals surface area contributed by atoms with E-state index in [1.54, 1.807) is 63.0 Å². The van der Waals surface area contributed by atoms with Crippen LogP contribution in [0.15, 0.2) is 46.4 Å². The summed E-state index contributed by atoms with van der Waals surface area (Å²) in [5, 5.41) is 19.8. The summed E-state index contributed by atoms with van der Waals surface area (Å²) in [7, 11) is 5.21. The lowest BCUT2D eigenvalue weighted by Gasteiger charge is -2.14. The lowest BCUT2D eigenvalue weighted by atomic mass is 10.2. The van der Waals surface area contributed by atoms with Crippen LogP contribution in [0.25, 0.3) is 0 Å². The third-order valence-corrected chi connectivity index (χ3v) is 4.59. The van der Waals surface area contributed by atoms with Gasteiger partial charge >= 0.3 is 0 Å². The maximum Gasteiger partial charge on any atom is 0.128 e. The smallest absolute Gasteiger partial charge is 0.128 e. The third kappa shape index (κ3) is 7.75. The van der Waals surface area contributed by atoms with Crippen molar-refractivity contribution in [2.45, 2.75) is 12.8 Å². The molecule has 162 valence electrons. The highest BCUT2D eigenvalue weighted by molar-refractivity contribution is 5.84. The molecule has 2 N–H and O–H groups in total. The first-order valence-corrected chi connectivity index (χ1v) is 9.95. The van der Waals surface area contributed by atoms with Gasteiger partial charge in [0.25, 0.3) is 0 Å². The second-order valence-corrected chi connectivity index (χ2v) is 6.93. The van der Waals surface area contributed by atoms with Gasteiger partial charge in [-0.3, -0.25) is 9.98 Å². The Morgan fingerprint density at radius 2 is 1.23 bits per heavy atom. The Kier molecular flexibility index (Phi) is 9.67. The van der Waals surface area contributed by atoms with Crippen LogP contribution in [0.4, 0.5) is 0 Å². The van der Waals surface area contributed by atoms with Gasteiger partial charge in [0, 0.05) is 48.8 Å². The molecule has 2 aromatic rings. The summed E-state index contributed by atoms with van der Waals surface area (Å²) in [6, 6.07) is 10.3. The Morgan fingerprint density at radius 1 is 0.800 bits per heavy atom. The van der Waals surface area contributed by atoms with E-state index in [1.807, 2.05) is 0 Å². The summed E-state index contributed by atoms with van der Waals surface area (Å²) < 4.78 is 10.1. The van der Waals surface area contributed by atoms with E-state index in [0.29, 0.717) is 35.7 Å². The number of methoxy groups -OCH3 is 2. The average molecular weight is 414 g/mol. The van der Waals surface area contributed by atoms with Crippen LogP contribution in [0, 0.1) is 0 Å². The molecule has 2 aromatic carbocycles. The van der Waals surface area contributed by atoms with Crippen molar-refractivity contribution in [2.24, 2.45) is 9.98 Å². The standard InChI is InChI=1S/C23H31N3O4/c1-26(12-4-10-24-16-18-6-8-20(29-2)14-22(18)27)13-5-11-25-17-19-7-9-21(30-3)15-23(19)28/h6-9,14-17,27-28H,4-5,10-13H2,1-3H3. The molecule has 0 heterocycles. The van der Waals surface area contributed by atoms with Crippen molar-refractivity contribution in [1.82, 2.24) is 4.90 Å². The van der Waals surface area contributed by atoms with Crippen LogP contribution < -0.4 is 9.47 Å². The number of benzene rings is 2. The van der Waals surface area contributed by atoms with Gasteiger partial charge in [-0.2, -0.15) is 0 Å². The lowest BCUT2D eigenvalue weighted by molar-refractivity contribution is 0.329. The zero-order valence-electron chi connectivity index (χ0n) is 17.9. The summed E-state index contributed by atoms with van der Waals surface area (Å²) in [6.07, 6.45) is 5.26. The molecule has 0 aromatic heterocycles. The number of aliphatic imine (C=N–C) groups is 2. The molecule has 0 fully saturated rings. The molecule has 30 heavy (non-hydrogen) atoms. The first-order valence-electron chi connectivity index (χ1n) is 9.95. The molecule has 0 atom stereocenters. The molecule has 0 unspecified atom stereocenters. The number of aromatic hydroxyl groups is 2. The van der Waals surface area contributed by atoms with Crippen LogP contribution in [0.3, 0.4) is 0 Å². The van der Waals surface area contributed by atoms with Crippen LogP contribution >= 0.6 is 0 Å². The van der Waals surface area contributed by atoms with E-state index in [-0.39, 0.29) is 11.5 Å². The van der Waals surface area contributed by atoms with Gasteiger partial charge in [0.2, 0.25) is 0 Å². The van der Waals surface area contributed by atoms with Crippen LogP contribution in [0.5, 0.6) is 23.0 Å². The van der Waals surface area contributed by atoms with Gasteiger partial charge in [0.05, 0.1) is 14.2 Å². The second kappa shape index (κ2) is 12.5. The zero-order valence-corrected chi connectivity index (χ0v) is 17.9. The van der Waals surface area contributed by atoms with Gasteiger partial charge in [0.1, 0.15) is 23.0 Å².